The van der Waals surface area contributed by atoms with Crippen molar-refractivity contribution in [2.75, 3.05) is 0 Å². The fourth-order valence-electron chi connectivity index (χ4n) is 0. The molecule has 0 aromatic heterocycles. The van der Waals surface area contributed by atoms with Crippen molar-refractivity contribution in [2.45, 2.75) is 0 Å². The first-order valence-electron chi connectivity index (χ1n) is 0. The predicted octanol–water partition coefficient (Wildman–Crippen LogP) is -2.41. The maximum absolute atomic E-state index is 0. The molecule has 0 N–H and O–H groups in total. The van der Waals surface area contributed by atoms with Crippen LogP contribution < -0.4 is 0 Å². The van der Waals surface area contributed by atoms with E-state index in [1.807, 2.05) is 0 Å². The Hall–Kier alpha value is 1.78. The van der Waals surface area contributed by atoms with Crippen molar-refractivity contribution < 1.29 is 18.8 Å². The van der Waals surface area contributed by atoms with E-state index in [0.29, 0.717) is 0 Å². The van der Waals surface area contributed by atoms with Crippen LogP contribution in [0, 0.1) is 0 Å². The summed E-state index contributed by atoms with van der Waals surface area (Å²) in [5.41, 5.74) is 0. The summed E-state index contributed by atoms with van der Waals surface area (Å²) in [5, 5.41) is 0. The summed E-state index contributed by atoms with van der Waals surface area (Å²) < 4.78 is 0. The molecule has 0 amide bonds. The van der Waals surface area contributed by atoms with Gasteiger partial charge in [0, 0.05) is 0 Å². The Morgan fingerprint density at radius 2 is 0.429 bits per heavy atom. The number of halogens is 4. The van der Waals surface area contributed by atoms with Gasteiger partial charge in [0.25, 0.3) is 0 Å². The fourth-order valence-corrected chi connectivity index (χ4v) is 0. The summed E-state index contributed by atoms with van der Waals surface area (Å²) in [5.74, 6) is 0. The van der Waals surface area contributed by atoms with Crippen LogP contribution in [0.15, 0.2) is 0 Å². The van der Waals surface area contributed by atoms with Crippen LogP contribution in [-0.2, 0) is 0 Å². The van der Waals surface area contributed by atoms with Crippen molar-refractivity contribution in [3.8, 4) is 0 Å². The van der Waals surface area contributed by atoms with Crippen LogP contribution in [0.1, 0.15) is 0 Å². The molecule has 0 atom stereocenters. The van der Waals surface area contributed by atoms with E-state index in [4.69, 9.17) is 0 Å². The normalized spacial score (nSPS) is 0. The van der Waals surface area contributed by atoms with Gasteiger partial charge < -0.3 is 0 Å². The van der Waals surface area contributed by atoms with Gasteiger partial charge in [-0.25, -0.2) is 0 Å². The van der Waals surface area contributed by atoms with Crippen molar-refractivity contribution in [2.24, 2.45) is 0 Å². The van der Waals surface area contributed by atoms with Crippen molar-refractivity contribution in [1.29, 1.82) is 0 Å². The van der Waals surface area contributed by atoms with Crippen LogP contribution in [-0.4, -0.2) is 64.3 Å². The molecule has 7 heavy (non-hydrogen) atoms. The van der Waals surface area contributed by atoms with E-state index in [9.17, 15) is 0 Å². The zero-order valence-electron chi connectivity index (χ0n) is 1.63. The third-order valence-corrected chi connectivity index (χ3v) is 0. The number of hydrogen-bond donors (Lipinski definition) is 0. The first-order valence-corrected chi connectivity index (χ1v) is 0. The summed E-state index contributed by atoms with van der Waals surface area (Å²) in [4.78, 5) is 0. The molecule has 0 aromatic rings. The number of hydrogen-bond acceptors (Lipinski definition) is 0. The van der Waals surface area contributed by atoms with Crippen LogP contribution >= 0.6 is 0 Å². The molecule has 0 aliphatic heterocycles. The molecular formula is H11Al2F4Na. The molecule has 7 heteroatoms. The van der Waals surface area contributed by atoms with Gasteiger partial charge in [-0.3, -0.25) is 18.8 Å². The summed E-state index contributed by atoms with van der Waals surface area (Å²) in [6.45, 7) is 0. The molecule has 0 bridgehead atoms. The van der Waals surface area contributed by atoms with E-state index >= 15 is 0 Å². The molecule has 0 heterocycles. The zero-order chi connectivity index (χ0) is 0. The Morgan fingerprint density at radius 3 is 0.429 bits per heavy atom. The first-order chi connectivity index (χ1) is 0. The topological polar surface area (TPSA) is 0 Å². The zero-order valence-corrected chi connectivity index (χ0v) is 1.63. The van der Waals surface area contributed by atoms with E-state index in [1.54, 1.807) is 0 Å². The van der Waals surface area contributed by atoms with Crippen LogP contribution in [0.25, 0.3) is 0 Å². The molecule has 0 fully saturated rings. The van der Waals surface area contributed by atoms with Gasteiger partial charge in [-0.2, -0.15) is 0 Å². The molecule has 0 saturated heterocycles. The molecule has 0 spiro atoms. The summed E-state index contributed by atoms with van der Waals surface area (Å²) in [6, 6.07) is 0. The monoisotopic (exact) mass is 164 g/mol. The first kappa shape index (κ1) is 167. The Balaban J connectivity index is 0. The van der Waals surface area contributed by atoms with E-state index in [1.165, 1.54) is 0 Å². The Morgan fingerprint density at radius 1 is 0.429 bits per heavy atom. The second-order valence-corrected chi connectivity index (χ2v) is 0. The van der Waals surface area contributed by atoms with Gasteiger partial charge >= 0.3 is 29.6 Å². The van der Waals surface area contributed by atoms with Crippen molar-refractivity contribution in [3.63, 3.8) is 0 Å². The van der Waals surface area contributed by atoms with Gasteiger partial charge in [0.1, 0.15) is 0 Å². The Bertz CT molecular complexity index is 9.65. The third-order valence-electron chi connectivity index (χ3n) is 0. The van der Waals surface area contributed by atoms with E-state index in [2.05, 4.69) is 0 Å². The molecular weight excluding hydrogens is 153 g/mol. The molecule has 0 unspecified atom stereocenters. The molecule has 0 aliphatic carbocycles. The van der Waals surface area contributed by atoms with Gasteiger partial charge in [-0.05, 0) is 0 Å². The van der Waals surface area contributed by atoms with Crippen molar-refractivity contribution >= 4 is 64.3 Å². The fraction of sp³-hybridized carbons (Fsp3) is 0. The second-order valence-electron chi connectivity index (χ2n) is 0. The van der Waals surface area contributed by atoms with Gasteiger partial charge in [-0.15, -0.1) is 0 Å². The van der Waals surface area contributed by atoms with Gasteiger partial charge in [0.05, 0.1) is 0 Å². The van der Waals surface area contributed by atoms with Crippen molar-refractivity contribution in [3.05, 3.63) is 0 Å². The van der Waals surface area contributed by atoms with E-state index < -0.39 is 0 Å². The SMILES string of the molecule is F.F.F.F.[AlH3].[AlH3].[NaH]. The Labute approximate surface area is 82.4 Å². The van der Waals surface area contributed by atoms with Crippen LogP contribution in [0.4, 0.5) is 18.8 Å². The summed E-state index contributed by atoms with van der Waals surface area (Å²) in [6.07, 6.45) is 0. The molecule has 0 saturated carbocycles. The number of rotatable bonds is 0. The standard InChI is InChI=1S/2Al.4FH.Na.7H/h;;4*1H;;;;;;;;. The van der Waals surface area contributed by atoms with Crippen LogP contribution in [0.5, 0.6) is 0 Å². The third kappa shape index (κ3) is 81.8. The predicted molar refractivity (Wildman–Crippen MR) is 37.0 cm³/mol. The quantitative estimate of drug-likeness (QED) is 0.276. The summed E-state index contributed by atoms with van der Waals surface area (Å²) in [7, 11) is 0. The maximum atomic E-state index is 0. The van der Waals surface area contributed by atoms with Crippen LogP contribution in [0.3, 0.4) is 0 Å². The van der Waals surface area contributed by atoms with Gasteiger partial charge in [0.2, 0.25) is 0 Å². The molecule has 0 radical (unpaired) electrons. The Kier molecular flexibility index (Phi) is 2690. The molecule has 0 rings (SSSR count). The minimum atomic E-state index is 0. The minimum absolute atomic E-state index is 0. The summed E-state index contributed by atoms with van der Waals surface area (Å²) >= 11 is 0. The molecule has 0 aromatic carbocycles. The average molecular weight is 164 g/mol. The van der Waals surface area contributed by atoms with Gasteiger partial charge in [-0.1, -0.05) is 0 Å². The second kappa shape index (κ2) is 112. The van der Waals surface area contributed by atoms with Crippen LogP contribution in [0.2, 0.25) is 0 Å². The molecule has 0 nitrogen and oxygen atoms in total. The van der Waals surface area contributed by atoms with Crippen molar-refractivity contribution in [1.82, 2.24) is 0 Å². The molecule has 46 valence electrons. The van der Waals surface area contributed by atoms with E-state index in [-0.39, 0.29) is 83.1 Å². The average Bonchev–Trinajstić information content (AvgIpc) is 0. The van der Waals surface area contributed by atoms with Gasteiger partial charge in [0.15, 0.2) is 34.7 Å². The van der Waals surface area contributed by atoms with E-state index in [0.717, 1.165) is 0 Å². The molecule has 0 aliphatic rings.